The predicted octanol–water partition coefficient (Wildman–Crippen LogP) is 3.96. The molecule has 0 aliphatic heterocycles. The van der Waals surface area contributed by atoms with E-state index in [1.165, 1.54) is 0 Å². The molecule has 1 amide bonds. The van der Waals surface area contributed by atoms with E-state index in [0.717, 1.165) is 15.7 Å². The maximum atomic E-state index is 11.4. The molecule has 16 heavy (non-hydrogen) atoms. The molecular weight excluding hydrogens is 270 g/mol. The molecule has 3 nitrogen and oxygen atoms in total. The molecule has 0 fully saturated rings. The molecule has 0 aromatic heterocycles. The number of carbonyl (C=O) groups is 1. The van der Waals surface area contributed by atoms with Crippen LogP contribution in [0.25, 0.3) is 0 Å². The number of ether oxygens (including phenoxy) is 1. The van der Waals surface area contributed by atoms with Gasteiger partial charge >= 0.3 is 6.09 Å². The Morgan fingerprint density at radius 3 is 2.81 bits per heavy atom. The fourth-order valence-corrected chi connectivity index (χ4v) is 1.50. The zero-order valence-electron chi connectivity index (χ0n) is 9.71. The summed E-state index contributed by atoms with van der Waals surface area (Å²) in [7, 11) is 0. The molecule has 0 aliphatic carbocycles. The zero-order chi connectivity index (χ0) is 12.1. The van der Waals surface area contributed by atoms with Crippen molar-refractivity contribution in [3.63, 3.8) is 0 Å². The standard InChI is InChI=1S/C12H16BrNO2/c1-8(2)7-16-12(15)14-11-6-4-5-10(13)9(11)3/h4-6,8H,7H2,1-3H3,(H,14,15). The van der Waals surface area contributed by atoms with Gasteiger partial charge in [-0.3, -0.25) is 5.32 Å². The van der Waals surface area contributed by atoms with E-state index in [2.05, 4.69) is 21.2 Å². The third-order valence-corrected chi connectivity index (χ3v) is 2.91. The summed E-state index contributed by atoms with van der Waals surface area (Å²) < 4.78 is 6.00. The van der Waals surface area contributed by atoms with Crippen LogP contribution in [0.4, 0.5) is 10.5 Å². The van der Waals surface area contributed by atoms with Crippen molar-refractivity contribution >= 4 is 27.7 Å². The molecule has 0 heterocycles. The minimum Gasteiger partial charge on any atom is -0.449 e. The first-order chi connectivity index (χ1) is 7.50. The molecule has 1 aromatic carbocycles. The van der Waals surface area contributed by atoms with Gasteiger partial charge < -0.3 is 4.74 Å². The lowest BCUT2D eigenvalue weighted by Gasteiger charge is -2.11. The number of benzene rings is 1. The molecule has 88 valence electrons. The number of hydrogen-bond donors (Lipinski definition) is 1. The Balaban J connectivity index is 2.59. The van der Waals surface area contributed by atoms with E-state index >= 15 is 0 Å². The Morgan fingerprint density at radius 1 is 1.50 bits per heavy atom. The maximum absolute atomic E-state index is 11.4. The van der Waals surface area contributed by atoms with E-state index in [9.17, 15) is 4.79 Å². The molecular formula is C12H16BrNO2. The minimum atomic E-state index is -0.407. The van der Waals surface area contributed by atoms with Gasteiger partial charge in [0, 0.05) is 10.2 Å². The second-order valence-corrected chi connectivity index (χ2v) is 4.88. The van der Waals surface area contributed by atoms with Gasteiger partial charge in [-0.15, -0.1) is 0 Å². The Hall–Kier alpha value is -1.03. The van der Waals surface area contributed by atoms with E-state index in [1.807, 2.05) is 39.0 Å². The summed E-state index contributed by atoms with van der Waals surface area (Å²) in [5.74, 6) is 0.342. The SMILES string of the molecule is Cc1c(Br)cccc1NC(=O)OCC(C)C. The Morgan fingerprint density at radius 2 is 2.19 bits per heavy atom. The molecule has 0 aliphatic rings. The van der Waals surface area contributed by atoms with Gasteiger partial charge in [-0.25, -0.2) is 4.79 Å². The van der Waals surface area contributed by atoms with Crippen LogP contribution in [-0.4, -0.2) is 12.7 Å². The number of hydrogen-bond acceptors (Lipinski definition) is 2. The van der Waals surface area contributed by atoms with Crippen molar-refractivity contribution in [1.82, 2.24) is 0 Å². The van der Waals surface area contributed by atoms with Crippen molar-refractivity contribution in [3.8, 4) is 0 Å². The molecule has 1 N–H and O–H groups in total. The summed E-state index contributed by atoms with van der Waals surface area (Å²) >= 11 is 3.41. The van der Waals surface area contributed by atoms with E-state index < -0.39 is 6.09 Å². The highest BCUT2D eigenvalue weighted by atomic mass is 79.9. The second-order valence-electron chi connectivity index (χ2n) is 4.03. The van der Waals surface area contributed by atoms with Crippen LogP contribution in [0.2, 0.25) is 0 Å². The summed E-state index contributed by atoms with van der Waals surface area (Å²) in [4.78, 5) is 11.4. The molecule has 0 radical (unpaired) electrons. The van der Waals surface area contributed by atoms with Crippen molar-refractivity contribution in [1.29, 1.82) is 0 Å². The van der Waals surface area contributed by atoms with Crippen LogP contribution in [0.15, 0.2) is 22.7 Å². The van der Waals surface area contributed by atoms with Gasteiger partial charge in [0.2, 0.25) is 0 Å². The van der Waals surface area contributed by atoms with Crippen LogP contribution in [0.5, 0.6) is 0 Å². The van der Waals surface area contributed by atoms with Crippen LogP contribution >= 0.6 is 15.9 Å². The topological polar surface area (TPSA) is 38.3 Å². The van der Waals surface area contributed by atoms with E-state index in [0.29, 0.717) is 12.5 Å². The third kappa shape index (κ3) is 3.85. The quantitative estimate of drug-likeness (QED) is 0.913. The van der Waals surface area contributed by atoms with Crippen LogP contribution < -0.4 is 5.32 Å². The Labute approximate surface area is 104 Å². The molecule has 4 heteroatoms. The van der Waals surface area contributed by atoms with Gasteiger partial charge in [0.25, 0.3) is 0 Å². The first kappa shape index (κ1) is 13.0. The number of anilines is 1. The van der Waals surface area contributed by atoms with Crippen LogP contribution in [-0.2, 0) is 4.74 Å². The zero-order valence-corrected chi connectivity index (χ0v) is 11.3. The highest BCUT2D eigenvalue weighted by molar-refractivity contribution is 9.10. The number of nitrogens with one attached hydrogen (secondary N) is 1. The van der Waals surface area contributed by atoms with Gasteiger partial charge in [-0.05, 0) is 30.5 Å². The maximum Gasteiger partial charge on any atom is 0.411 e. The molecule has 0 saturated carbocycles. The molecule has 0 atom stereocenters. The summed E-state index contributed by atoms with van der Waals surface area (Å²) in [6.07, 6.45) is -0.407. The third-order valence-electron chi connectivity index (χ3n) is 2.05. The molecule has 0 unspecified atom stereocenters. The fourth-order valence-electron chi connectivity index (χ4n) is 1.13. The van der Waals surface area contributed by atoms with Crippen molar-refractivity contribution in [2.75, 3.05) is 11.9 Å². The molecule has 1 rings (SSSR count). The fraction of sp³-hybridized carbons (Fsp3) is 0.417. The smallest absolute Gasteiger partial charge is 0.411 e. The van der Waals surface area contributed by atoms with E-state index in [1.54, 1.807) is 0 Å². The number of rotatable bonds is 3. The van der Waals surface area contributed by atoms with Crippen molar-refractivity contribution in [2.45, 2.75) is 20.8 Å². The first-order valence-corrected chi connectivity index (χ1v) is 5.99. The minimum absolute atomic E-state index is 0.342. The van der Waals surface area contributed by atoms with Crippen LogP contribution in [0.1, 0.15) is 19.4 Å². The normalized spacial score (nSPS) is 10.3. The molecule has 1 aromatic rings. The number of halogens is 1. The van der Waals surface area contributed by atoms with Crippen LogP contribution in [0, 0.1) is 12.8 Å². The van der Waals surface area contributed by atoms with Gasteiger partial charge in [0.1, 0.15) is 0 Å². The monoisotopic (exact) mass is 285 g/mol. The second kappa shape index (κ2) is 5.89. The van der Waals surface area contributed by atoms with Crippen molar-refractivity contribution in [3.05, 3.63) is 28.2 Å². The van der Waals surface area contributed by atoms with Crippen molar-refractivity contribution < 1.29 is 9.53 Å². The van der Waals surface area contributed by atoms with Gasteiger partial charge in [0.15, 0.2) is 0 Å². The number of carbonyl (C=O) groups excluding carboxylic acids is 1. The molecule has 0 saturated heterocycles. The molecule has 0 bridgehead atoms. The van der Waals surface area contributed by atoms with Crippen molar-refractivity contribution in [2.24, 2.45) is 5.92 Å². The summed E-state index contributed by atoms with van der Waals surface area (Å²) in [6.45, 7) is 6.36. The Kier molecular flexibility index (Phi) is 4.80. The summed E-state index contributed by atoms with van der Waals surface area (Å²) in [6, 6.07) is 5.64. The predicted molar refractivity (Wildman–Crippen MR) is 68.7 cm³/mol. The lowest BCUT2D eigenvalue weighted by molar-refractivity contribution is 0.147. The van der Waals surface area contributed by atoms with Gasteiger partial charge in [-0.2, -0.15) is 0 Å². The van der Waals surface area contributed by atoms with Crippen LogP contribution in [0.3, 0.4) is 0 Å². The Bertz CT molecular complexity index is 377. The summed E-state index contributed by atoms with van der Waals surface area (Å²) in [5, 5.41) is 2.72. The first-order valence-electron chi connectivity index (χ1n) is 5.19. The highest BCUT2D eigenvalue weighted by Crippen LogP contribution is 2.23. The summed E-state index contributed by atoms with van der Waals surface area (Å²) in [5.41, 5.74) is 1.76. The average Bonchev–Trinajstić information content (AvgIpc) is 2.22. The average molecular weight is 286 g/mol. The lowest BCUT2D eigenvalue weighted by Crippen LogP contribution is -2.17. The van der Waals surface area contributed by atoms with E-state index in [4.69, 9.17) is 4.74 Å². The lowest BCUT2D eigenvalue weighted by atomic mass is 10.2. The van der Waals surface area contributed by atoms with Gasteiger partial charge in [-0.1, -0.05) is 35.8 Å². The van der Waals surface area contributed by atoms with E-state index in [-0.39, 0.29) is 0 Å². The largest absolute Gasteiger partial charge is 0.449 e. The number of amides is 1. The molecule has 0 spiro atoms. The highest BCUT2D eigenvalue weighted by Gasteiger charge is 2.07. The van der Waals surface area contributed by atoms with Gasteiger partial charge in [0.05, 0.1) is 6.61 Å².